The molecule has 8 heteroatoms. The maximum Gasteiger partial charge on any atom is 0.240 e. The van der Waals surface area contributed by atoms with Crippen molar-refractivity contribution in [2.45, 2.75) is 39.8 Å². The first-order chi connectivity index (χ1) is 12.1. The third-order valence-electron chi connectivity index (χ3n) is 4.12. The van der Waals surface area contributed by atoms with Gasteiger partial charge in [0.25, 0.3) is 0 Å². The molecule has 7 nitrogen and oxygen atoms in total. The highest BCUT2D eigenvalue weighted by atomic mass is 32.1. The summed E-state index contributed by atoms with van der Waals surface area (Å²) in [4.78, 5) is 16.8. The molecule has 0 fully saturated rings. The number of fused-ring (bicyclic) bond motifs is 1. The largest absolute Gasteiger partial charge is 0.353 e. The summed E-state index contributed by atoms with van der Waals surface area (Å²) < 4.78 is 4.35. The minimum atomic E-state index is -0.0723. The fourth-order valence-corrected chi connectivity index (χ4v) is 3.13. The van der Waals surface area contributed by atoms with Crippen LogP contribution in [0.15, 0.2) is 24.3 Å². The van der Waals surface area contributed by atoms with Gasteiger partial charge in [0.05, 0.1) is 11.0 Å². The molecule has 25 heavy (non-hydrogen) atoms. The number of para-hydroxylation sites is 2. The van der Waals surface area contributed by atoms with Crippen molar-refractivity contribution in [2.24, 2.45) is 0 Å². The van der Waals surface area contributed by atoms with Crippen LogP contribution in [0.4, 0.5) is 0 Å². The molecule has 0 saturated heterocycles. The number of carbonyl (C=O) groups is 1. The van der Waals surface area contributed by atoms with Crippen molar-refractivity contribution in [3.05, 3.63) is 40.7 Å². The third-order valence-corrected chi connectivity index (χ3v) is 4.43. The number of aryl methyl sites for hydroxylation is 2. The van der Waals surface area contributed by atoms with E-state index in [0.717, 1.165) is 35.5 Å². The first-order valence-electron chi connectivity index (χ1n) is 8.42. The molecular weight excluding hydrogens is 336 g/mol. The Balaban J connectivity index is 1.60. The molecule has 0 saturated carbocycles. The molecule has 2 heterocycles. The molecule has 0 aliphatic heterocycles. The van der Waals surface area contributed by atoms with Crippen molar-refractivity contribution in [1.29, 1.82) is 0 Å². The fraction of sp³-hybridized carbons (Fsp3) is 0.412. The van der Waals surface area contributed by atoms with Gasteiger partial charge in [0.1, 0.15) is 18.2 Å². The van der Waals surface area contributed by atoms with Crippen molar-refractivity contribution in [1.82, 2.24) is 29.6 Å². The maximum atomic E-state index is 12.3. The number of rotatable bonds is 7. The monoisotopic (exact) mass is 358 g/mol. The van der Waals surface area contributed by atoms with Gasteiger partial charge in [-0.05, 0) is 37.7 Å². The number of aromatic amines is 1. The van der Waals surface area contributed by atoms with Crippen LogP contribution in [0, 0.1) is 11.7 Å². The highest BCUT2D eigenvalue weighted by molar-refractivity contribution is 7.71. The molecule has 0 spiro atoms. The molecule has 0 bridgehead atoms. The SMILES string of the molecule is CCCc1n[nH]c(=S)n1CC(=O)NCCn1c(C)nc2ccccc21. The van der Waals surface area contributed by atoms with Crippen molar-refractivity contribution in [3.8, 4) is 0 Å². The van der Waals surface area contributed by atoms with Gasteiger partial charge >= 0.3 is 0 Å². The van der Waals surface area contributed by atoms with Gasteiger partial charge in [-0.25, -0.2) is 4.98 Å². The molecule has 0 unspecified atom stereocenters. The summed E-state index contributed by atoms with van der Waals surface area (Å²) in [6, 6.07) is 8.00. The summed E-state index contributed by atoms with van der Waals surface area (Å²) >= 11 is 5.21. The second kappa shape index (κ2) is 7.60. The summed E-state index contributed by atoms with van der Waals surface area (Å²) in [5, 5.41) is 9.89. The zero-order valence-electron chi connectivity index (χ0n) is 14.5. The van der Waals surface area contributed by atoms with Crippen LogP contribution in [0.3, 0.4) is 0 Å². The zero-order valence-corrected chi connectivity index (χ0v) is 15.3. The summed E-state index contributed by atoms with van der Waals surface area (Å²) in [5.41, 5.74) is 2.05. The van der Waals surface area contributed by atoms with E-state index in [9.17, 15) is 4.79 Å². The molecule has 3 rings (SSSR count). The van der Waals surface area contributed by atoms with Gasteiger partial charge in [0.2, 0.25) is 5.91 Å². The molecule has 132 valence electrons. The van der Waals surface area contributed by atoms with E-state index in [1.54, 1.807) is 4.57 Å². The molecule has 0 radical (unpaired) electrons. The van der Waals surface area contributed by atoms with Gasteiger partial charge in [-0.1, -0.05) is 19.1 Å². The number of hydrogen-bond donors (Lipinski definition) is 2. The van der Waals surface area contributed by atoms with Crippen molar-refractivity contribution < 1.29 is 4.79 Å². The van der Waals surface area contributed by atoms with Crippen molar-refractivity contribution in [3.63, 3.8) is 0 Å². The van der Waals surface area contributed by atoms with Crippen molar-refractivity contribution in [2.75, 3.05) is 6.54 Å². The lowest BCUT2D eigenvalue weighted by Gasteiger charge is -2.10. The molecule has 2 aromatic heterocycles. The van der Waals surface area contributed by atoms with Gasteiger partial charge in [0, 0.05) is 19.5 Å². The highest BCUT2D eigenvalue weighted by Crippen LogP contribution is 2.14. The van der Waals surface area contributed by atoms with E-state index in [1.807, 2.05) is 31.2 Å². The number of H-pyrrole nitrogens is 1. The van der Waals surface area contributed by atoms with Crippen LogP contribution in [0.25, 0.3) is 11.0 Å². The Morgan fingerprint density at radius 3 is 2.92 bits per heavy atom. The van der Waals surface area contributed by atoms with E-state index < -0.39 is 0 Å². The molecule has 0 atom stereocenters. The number of carbonyl (C=O) groups excluding carboxylic acids is 1. The normalized spacial score (nSPS) is 11.1. The number of nitrogens with one attached hydrogen (secondary N) is 2. The average Bonchev–Trinajstić information content (AvgIpc) is 3.09. The smallest absolute Gasteiger partial charge is 0.240 e. The van der Waals surface area contributed by atoms with E-state index in [0.29, 0.717) is 17.9 Å². The topological polar surface area (TPSA) is 80.5 Å². The first-order valence-corrected chi connectivity index (χ1v) is 8.83. The Hall–Kier alpha value is -2.48. The van der Waals surface area contributed by atoms with E-state index in [2.05, 4.69) is 32.0 Å². The van der Waals surface area contributed by atoms with Gasteiger partial charge in [-0.2, -0.15) is 5.10 Å². The van der Waals surface area contributed by atoms with Crippen LogP contribution >= 0.6 is 12.2 Å². The van der Waals surface area contributed by atoms with Crippen LogP contribution < -0.4 is 5.32 Å². The second-order valence-corrected chi connectivity index (χ2v) is 6.32. The Kier molecular flexibility index (Phi) is 5.28. The number of imidazole rings is 1. The summed E-state index contributed by atoms with van der Waals surface area (Å²) in [6.45, 7) is 5.45. The van der Waals surface area contributed by atoms with Crippen LogP contribution in [-0.4, -0.2) is 36.8 Å². The average molecular weight is 358 g/mol. The van der Waals surface area contributed by atoms with E-state index in [1.165, 1.54) is 0 Å². The number of benzene rings is 1. The lowest BCUT2D eigenvalue weighted by molar-refractivity contribution is -0.121. The molecule has 2 N–H and O–H groups in total. The predicted molar refractivity (Wildman–Crippen MR) is 98.9 cm³/mol. The fourth-order valence-electron chi connectivity index (χ4n) is 2.91. The summed E-state index contributed by atoms with van der Waals surface area (Å²) in [5.74, 6) is 1.69. The Morgan fingerprint density at radius 1 is 1.32 bits per heavy atom. The van der Waals surface area contributed by atoms with E-state index >= 15 is 0 Å². The molecule has 1 aromatic carbocycles. The van der Waals surface area contributed by atoms with Crippen LogP contribution in [0.5, 0.6) is 0 Å². The number of amides is 1. The first kappa shape index (κ1) is 17.3. The van der Waals surface area contributed by atoms with Crippen LogP contribution in [0.2, 0.25) is 0 Å². The summed E-state index contributed by atoms with van der Waals surface area (Å²) in [6.07, 6.45) is 1.74. The van der Waals surface area contributed by atoms with Crippen LogP contribution in [0.1, 0.15) is 25.0 Å². The minimum Gasteiger partial charge on any atom is -0.353 e. The Labute approximate surface area is 151 Å². The second-order valence-electron chi connectivity index (χ2n) is 5.93. The molecule has 1 amide bonds. The number of hydrogen-bond acceptors (Lipinski definition) is 4. The molecule has 0 aliphatic rings. The third kappa shape index (κ3) is 3.79. The van der Waals surface area contributed by atoms with Crippen molar-refractivity contribution >= 4 is 29.2 Å². The van der Waals surface area contributed by atoms with Gasteiger partial charge < -0.3 is 9.88 Å². The Morgan fingerprint density at radius 2 is 2.12 bits per heavy atom. The van der Waals surface area contributed by atoms with Gasteiger partial charge in [-0.3, -0.25) is 14.5 Å². The summed E-state index contributed by atoms with van der Waals surface area (Å²) in [7, 11) is 0. The predicted octanol–water partition coefficient (Wildman–Crippen LogP) is 2.37. The van der Waals surface area contributed by atoms with E-state index in [-0.39, 0.29) is 12.5 Å². The molecule has 3 aromatic rings. The van der Waals surface area contributed by atoms with Crippen LogP contribution in [-0.2, 0) is 24.3 Å². The standard InChI is InChI=1S/C17H22N6OS/c1-3-6-15-20-21-17(25)23(15)11-16(24)18-9-10-22-12(2)19-13-7-4-5-8-14(13)22/h4-5,7-8H,3,6,9-11H2,1-2H3,(H,18,24)(H,21,25). The van der Waals surface area contributed by atoms with Gasteiger partial charge in [-0.15, -0.1) is 0 Å². The molecular formula is C17H22N6OS. The highest BCUT2D eigenvalue weighted by Gasteiger charge is 2.10. The van der Waals surface area contributed by atoms with Gasteiger partial charge in [0.15, 0.2) is 4.77 Å². The Bertz CT molecular complexity index is 938. The lowest BCUT2D eigenvalue weighted by atomic mass is 10.3. The minimum absolute atomic E-state index is 0.0723. The zero-order chi connectivity index (χ0) is 17.8. The lowest BCUT2D eigenvalue weighted by Crippen LogP contribution is -2.31. The number of nitrogens with zero attached hydrogens (tertiary/aromatic N) is 4. The quantitative estimate of drug-likeness (QED) is 0.636. The number of aromatic nitrogens is 5. The molecule has 0 aliphatic carbocycles. The maximum absolute atomic E-state index is 12.3. The van der Waals surface area contributed by atoms with E-state index in [4.69, 9.17) is 12.2 Å².